The number of halogens is 1. The van der Waals surface area contributed by atoms with Crippen LogP contribution in [0.5, 0.6) is 0 Å². The molecule has 0 heterocycles. The van der Waals surface area contributed by atoms with Crippen LogP contribution in [0.4, 0.5) is 17.1 Å². The number of anilines is 3. The zero-order valence-corrected chi connectivity index (χ0v) is 14.8. The predicted molar refractivity (Wildman–Crippen MR) is 101 cm³/mol. The first-order valence-electron chi connectivity index (χ1n) is 8.18. The summed E-state index contributed by atoms with van der Waals surface area (Å²) in [6.45, 7) is 1.43. The molecule has 3 N–H and O–H groups in total. The molecule has 2 atom stereocenters. The third-order valence-corrected chi connectivity index (χ3v) is 4.40. The van der Waals surface area contributed by atoms with E-state index in [1.165, 1.54) is 6.92 Å². The second-order valence-corrected chi connectivity index (χ2v) is 6.57. The van der Waals surface area contributed by atoms with E-state index in [0.29, 0.717) is 28.5 Å². The number of amides is 3. The van der Waals surface area contributed by atoms with Crippen molar-refractivity contribution in [3.63, 3.8) is 0 Å². The number of hydrogen-bond donors (Lipinski definition) is 3. The number of nitrogens with one attached hydrogen (secondary N) is 3. The van der Waals surface area contributed by atoms with Crippen LogP contribution in [-0.2, 0) is 14.4 Å². The molecule has 7 heteroatoms. The molecule has 134 valence electrons. The first-order valence-corrected chi connectivity index (χ1v) is 8.56. The maximum Gasteiger partial charge on any atom is 0.228 e. The van der Waals surface area contributed by atoms with E-state index in [1.54, 1.807) is 48.5 Å². The summed E-state index contributed by atoms with van der Waals surface area (Å²) in [5.41, 5.74) is 1.80. The third kappa shape index (κ3) is 4.40. The third-order valence-electron chi connectivity index (χ3n) is 4.07. The van der Waals surface area contributed by atoms with Crippen LogP contribution in [0.3, 0.4) is 0 Å². The molecule has 2 unspecified atom stereocenters. The van der Waals surface area contributed by atoms with Gasteiger partial charge in [0.2, 0.25) is 17.7 Å². The van der Waals surface area contributed by atoms with E-state index in [0.717, 1.165) is 0 Å². The Morgan fingerprint density at radius 1 is 0.846 bits per heavy atom. The highest BCUT2D eigenvalue weighted by atomic mass is 35.5. The van der Waals surface area contributed by atoms with E-state index in [9.17, 15) is 14.4 Å². The summed E-state index contributed by atoms with van der Waals surface area (Å²) in [6, 6.07) is 13.8. The average molecular weight is 372 g/mol. The van der Waals surface area contributed by atoms with E-state index >= 15 is 0 Å². The van der Waals surface area contributed by atoms with Gasteiger partial charge < -0.3 is 16.0 Å². The topological polar surface area (TPSA) is 87.3 Å². The van der Waals surface area contributed by atoms with Crippen LogP contribution in [0.25, 0.3) is 0 Å². The summed E-state index contributed by atoms with van der Waals surface area (Å²) < 4.78 is 0. The largest absolute Gasteiger partial charge is 0.326 e. The van der Waals surface area contributed by atoms with Gasteiger partial charge >= 0.3 is 0 Å². The second-order valence-electron chi connectivity index (χ2n) is 6.17. The minimum atomic E-state index is -0.357. The fourth-order valence-electron chi connectivity index (χ4n) is 2.64. The molecule has 26 heavy (non-hydrogen) atoms. The Labute approximate surface area is 155 Å². The molecule has 0 bridgehead atoms. The summed E-state index contributed by atoms with van der Waals surface area (Å²) in [5, 5.41) is 8.66. The van der Waals surface area contributed by atoms with Gasteiger partial charge in [-0.2, -0.15) is 0 Å². The summed E-state index contributed by atoms with van der Waals surface area (Å²) in [4.78, 5) is 35.5. The lowest BCUT2D eigenvalue weighted by Crippen LogP contribution is -2.20. The monoisotopic (exact) mass is 371 g/mol. The molecule has 0 radical (unpaired) electrons. The molecule has 0 aromatic heterocycles. The van der Waals surface area contributed by atoms with Crippen LogP contribution in [-0.4, -0.2) is 17.7 Å². The zero-order chi connectivity index (χ0) is 18.7. The van der Waals surface area contributed by atoms with Crippen molar-refractivity contribution in [2.24, 2.45) is 11.8 Å². The Bertz CT molecular complexity index is 851. The molecular weight excluding hydrogens is 354 g/mol. The first kappa shape index (κ1) is 17.9. The lowest BCUT2D eigenvalue weighted by atomic mass is 10.2. The lowest BCUT2D eigenvalue weighted by molar-refractivity contribution is -0.122. The fourth-order valence-corrected chi connectivity index (χ4v) is 2.82. The molecule has 0 spiro atoms. The molecule has 1 fully saturated rings. The average Bonchev–Trinajstić information content (AvgIpc) is 3.39. The lowest BCUT2D eigenvalue weighted by Gasteiger charge is -2.08. The Kier molecular flexibility index (Phi) is 5.23. The van der Waals surface area contributed by atoms with Crippen molar-refractivity contribution in [3.8, 4) is 0 Å². The normalized spacial score (nSPS) is 17.9. The highest BCUT2D eigenvalue weighted by molar-refractivity contribution is 6.33. The smallest absolute Gasteiger partial charge is 0.228 e. The molecular formula is C19H18ClN3O3. The van der Waals surface area contributed by atoms with Gasteiger partial charge in [-0.3, -0.25) is 14.4 Å². The Hall–Kier alpha value is -2.86. The predicted octanol–water partition coefficient (Wildman–Crippen LogP) is 3.51. The van der Waals surface area contributed by atoms with Crippen LogP contribution in [0.15, 0.2) is 48.5 Å². The Morgan fingerprint density at radius 2 is 1.38 bits per heavy atom. The minimum absolute atomic E-state index is 0.160. The van der Waals surface area contributed by atoms with Crippen LogP contribution < -0.4 is 16.0 Å². The number of hydrogen-bond acceptors (Lipinski definition) is 3. The number of rotatable bonds is 5. The summed E-state index contributed by atoms with van der Waals surface area (Å²) in [5.74, 6) is -1.28. The molecule has 3 amide bonds. The van der Waals surface area contributed by atoms with Crippen molar-refractivity contribution < 1.29 is 14.4 Å². The summed E-state index contributed by atoms with van der Waals surface area (Å²) in [6.07, 6.45) is 0.506. The second kappa shape index (κ2) is 7.58. The quantitative estimate of drug-likeness (QED) is 0.751. The van der Waals surface area contributed by atoms with Crippen molar-refractivity contribution in [2.45, 2.75) is 13.3 Å². The molecule has 3 rings (SSSR count). The van der Waals surface area contributed by atoms with Gasteiger partial charge in [-0.25, -0.2) is 0 Å². The highest BCUT2D eigenvalue weighted by Crippen LogP contribution is 2.40. The molecule has 2 aromatic carbocycles. The molecule has 0 saturated heterocycles. The molecule has 1 aliphatic rings. The first-order chi connectivity index (χ1) is 12.4. The maximum absolute atomic E-state index is 12.3. The van der Waals surface area contributed by atoms with Crippen molar-refractivity contribution in [3.05, 3.63) is 53.6 Å². The van der Waals surface area contributed by atoms with Gasteiger partial charge in [0, 0.05) is 18.3 Å². The molecule has 0 aliphatic heterocycles. The van der Waals surface area contributed by atoms with E-state index in [4.69, 9.17) is 11.6 Å². The molecule has 1 saturated carbocycles. The number of benzene rings is 2. The SMILES string of the molecule is CC(=O)Nc1ccc(NC(=O)C2CC2C(=O)Nc2ccccc2Cl)cc1. The summed E-state index contributed by atoms with van der Waals surface area (Å²) >= 11 is 6.02. The number of carbonyl (C=O) groups is 3. The highest BCUT2D eigenvalue weighted by Gasteiger charge is 2.48. The van der Waals surface area contributed by atoms with Gasteiger partial charge in [-0.15, -0.1) is 0 Å². The van der Waals surface area contributed by atoms with E-state index < -0.39 is 0 Å². The summed E-state index contributed by atoms with van der Waals surface area (Å²) in [7, 11) is 0. The maximum atomic E-state index is 12.3. The van der Waals surface area contributed by atoms with Gasteiger partial charge in [0.05, 0.1) is 22.5 Å². The van der Waals surface area contributed by atoms with Gasteiger partial charge in [-0.1, -0.05) is 23.7 Å². The molecule has 1 aliphatic carbocycles. The van der Waals surface area contributed by atoms with Gasteiger partial charge in [0.1, 0.15) is 0 Å². The van der Waals surface area contributed by atoms with Crippen molar-refractivity contribution in [2.75, 3.05) is 16.0 Å². The Morgan fingerprint density at radius 3 is 1.96 bits per heavy atom. The number of carbonyl (C=O) groups excluding carboxylic acids is 3. The van der Waals surface area contributed by atoms with Crippen molar-refractivity contribution in [1.82, 2.24) is 0 Å². The van der Waals surface area contributed by atoms with Crippen molar-refractivity contribution in [1.29, 1.82) is 0 Å². The van der Waals surface area contributed by atoms with Gasteiger partial charge in [-0.05, 0) is 42.8 Å². The van der Waals surface area contributed by atoms with Crippen LogP contribution >= 0.6 is 11.6 Å². The van der Waals surface area contributed by atoms with Crippen LogP contribution in [0.2, 0.25) is 5.02 Å². The standard InChI is InChI=1S/C19H18ClN3O3/c1-11(24)21-12-6-8-13(9-7-12)22-18(25)14-10-15(14)19(26)23-17-5-3-2-4-16(17)20/h2-9,14-15H,10H2,1H3,(H,21,24)(H,22,25)(H,23,26). The van der Waals surface area contributed by atoms with Gasteiger partial charge in [0.15, 0.2) is 0 Å². The van der Waals surface area contributed by atoms with E-state index in [-0.39, 0.29) is 29.6 Å². The minimum Gasteiger partial charge on any atom is -0.326 e. The molecule has 6 nitrogen and oxygen atoms in total. The van der Waals surface area contributed by atoms with Crippen LogP contribution in [0, 0.1) is 11.8 Å². The zero-order valence-electron chi connectivity index (χ0n) is 14.1. The number of para-hydroxylation sites is 1. The van der Waals surface area contributed by atoms with Crippen molar-refractivity contribution >= 4 is 46.4 Å². The molecule has 2 aromatic rings. The van der Waals surface area contributed by atoms with E-state index in [2.05, 4.69) is 16.0 Å². The Balaban J connectivity index is 1.53. The van der Waals surface area contributed by atoms with E-state index in [1.807, 2.05) is 0 Å². The fraction of sp³-hybridized carbons (Fsp3) is 0.211. The van der Waals surface area contributed by atoms with Crippen LogP contribution in [0.1, 0.15) is 13.3 Å². The van der Waals surface area contributed by atoms with Gasteiger partial charge in [0.25, 0.3) is 0 Å².